The highest BCUT2D eigenvalue weighted by atomic mass is 16.5. The predicted molar refractivity (Wildman–Crippen MR) is 106 cm³/mol. The number of methoxy groups -OCH3 is 3. The number of rotatable bonds is 5. The third-order valence-electron chi connectivity index (χ3n) is 4.50. The number of nitrogens with zero attached hydrogens (tertiary/aromatic N) is 2. The summed E-state index contributed by atoms with van der Waals surface area (Å²) < 4.78 is 18.6. The molecule has 0 unspecified atom stereocenters. The molecule has 0 aliphatic heterocycles. The third kappa shape index (κ3) is 2.87. The van der Waals surface area contributed by atoms with E-state index < -0.39 is 0 Å². The zero-order chi connectivity index (χ0) is 18.8. The van der Waals surface area contributed by atoms with Crippen molar-refractivity contribution < 1.29 is 14.2 Å². The van der Waals surface area contributed by atoms with Gasteiger partial charge in [0, 0.05) is 17.7 Å². The largest absolute Gasteiger partial charge is 0.493 e. The summed E-state index contributed by atoms with van der Waals surface area (Å²) in [5.74, 6) is 2.62. The molecule has 0 N–H and O–H groups in total. The van der Waals surface area contributed by atoms with Crippen molar-refractivity contribution in [3.8, 4) is 34.3 Å². The van der Waals surface area contributed by atoms with Crippen molar-refractivity contribution in [1.82, 2.24) is 9.55 Å². The molecule has 4 aromatic rings. The lowest BCUT2D eigenvalue weighted by Crippen LogP contribution is -2.01. The second kappa shape index (κ2) is 7.03. The van der Waals surface area contributed by atoms with E-state index in [2.05, 4.69) is 22.8 Å². The molecule has 4 rings (SSSR count). The standard InChI is InChI=1S/C22H20N2O3/c1-25-19-13-16(14-20(26-2)21(19)27-3)24-18-12-8-7-11-17(18)23-22(24)15-9-5-4-6-10-15/h4-14H,1-3H3. The molecule has 5 heteroatoms. The topological polar surface area (TPSA) is 45.5 Å². The van der Waals surface area contributed by atoms with Crippen molar-refractivity contribution in [2.75, 3.05) is 21.3 Å². The summed E-state index contributed by atoms with van der Waals surface area (Å²) >= 11 is 0. The van der Waals surface area contributed by atoms with Crippen LogP contribution >= 0.6 is 0 Å². The molecule has 0 fully saturated rings. The molecule has 0 atom stereocenters. The van der Waals surface area contributed by atoms with Gasteiger partial charge in [-0.3, -0.25) is 4.57 Å². The van der Waals surface area contributed by atoms with E-state index in [4.69, 9.17) is 19.2 Å². The fraction of sp³-hybridized carbons (Fsp3) is 0.136. The van der Waals surface area contributed by atoms with Gasteiger partial charge in [-0.1, -0.05) is 42.5 Å². The molecule has 0 amide bonds. The molecule has 3 aromatic carbocycles. The number of hydrogen-bond donors (Lipinski definition) is 0. The van der Waals surface area contributed by atoms with Crippen LogP contribution in [-0.2, 0) is 0 Å². The molecular formula is C22H20N2O3. The molecular weight excluding hydrogens is 340 g/mol. The summed E-state index contributed by atoms with van der Waals surface area (Å²) in [7, 11) is 4.83. The second-order valence-electron chi connectivity index (χ2n) is 6.01. The first kappa shape index (κ1) is 17.0. The van der Waals surface area contributed by atoms with Crippen LogP contribution in [0.2, 0.25) is 0 Å². The molecule has 0 radical (unpaired) electrons. The Morgan fingerprint density at radius 3 is 2.00 bits per heavy atom. The van der Waals surface area contributed by atoms with Crippen LogP contribution in [0.1, 0.15) is 0 Å². The highest BCUT2D eigenvalue weighted by Gasteiger charge is 2.19. The van der Waals surface area contributed by atoms with E-state index in [0.29, 0.717) is 17.2 Å². The van der Waals surface area contributed by atoms with Crippen LogP contribution in [0.15, 0.2) is 66.7 Å². The molecule has 1 heterocycles. The van der Waals surface area contributed by atoms with Gasteiger partial charge in [-0.15, -0.1) is 0 Å². The van der Waals surface area contributed by atoms with Crippen LogP contribution in [0, 0.1) is 0 Å². The van der Waals surface area contributed by atoms with E-state index in [1.165, 1.54) is 0 Å². The fourth-order valence-corrected chi connectivity index (χ4v) is 3.26. The van der Waals surface area contributed by atoms with E-state index in [1.54, 1.807) is 21.3 Å². The minimum Gasteiger partial charge on any atom is -0.493 e. The smallest absolute Gasteiger partial charge is 0.203 e. The van der Waals surface area contributed by atoms with Gasteiger partial charge in [0.15, 0.2) is 11.5 Å². The van der Waals surface area contributed by atoms with Crippen LogP contribution < -0.4 is 14.2 Å². The third-order valence-corrected chi connectivity index (χ3v) is 4.50. The summed E-state index contributed by atoms with van der Waals surface area (Å²) in [6, 6.07) is 22.0. The van der Waals surface area contributed by atoms with Crippen LogP contribution in [0.4, 0.5) is 0 Å². The van der Waals surface area contributed by atoms with Gasteiger partial charge in [0.05, 0.1) is 38.1 Å². The molecule has 136 valence electrons. The summed E-state index contributed by atoms with van der Waals surface area (Å²) in [4.78, 5) is 4.86. The predicted octanol–water partition coefficient (Wildman–Crippen LogP) is 4.72. The number of fused-ring (bicyclic) bond motifs is 1. The lowest BCUT2D eigenvalue weighted by Gasteiger charge is -2.16. The number of aromatic nitrogens is 2. The first-order valence-corrected chi connectivity index (χ1v) is 8.60. The van der Waals surface area contributed by atoms with E-state index in [-0.39, 0.29) is 0 Å². The van der Waals surface area contributed by atoms with Gasteiger partial charge in [0.2, 0.25) is 5.75 Å². The van der Waals surface area contributed by atoms with Crippen molar-refractivity contribution in [2.24, 2.45) is 0 Å². The number of hydrogen-bond acceptors (Lipinski definition) is 4. The lowest BCUT2D eigenvalue weighted by molar-refractivity contribution is 0.324. The highest BCUT2D eigenvalue weighted by Crippen LogP contribution is 2.41. The SMILES string of the molecule is COc1cc(-n2c(-c3ccccc3)nc3ccccc32)cc(OC)c1OC. The number of ether oxygens (including phenoxy) is 3. The van der Waals surface area contributed by atoms with Crippen molar-refractivity contribution >= 4 is 11.0 Å². The van der Waals surface area contributed by atoms with E-state index in [1.807, 2.05) is 48.5 Å². The highest BCUT2D eigenvalue weighted by molar-refractivity contribution is 5.83. The molecule has 0 saturated heterocycles. The van der Waals surface area contributed by atoms with Gasteiger partial charge >= 0.3 is 0 Å². The van der Waals surface area contributed by atoms with Gasteiger partial charge in [0.1, 0.15) is 5.82 Å². The molecule has 1 aromatic heterocycles. The zero-order valence-corrected chi connectivity index (χ0v) is 15.5. The van der Waals surface area contributed by atoms with Gasteiger partial charge < -0.3 is 14.2 Å². The Hall–Kier alpha value is -3.47. The van der Waals surface area contributed by atoms with Crippen molar-refractivity contribution in [2.45, 2.75) is 0 Å². The van der Waals surface area contributed by atoms with Gasteiger partial charge in [-0.2, -0.15) is 0 Å². The Morgan fingerprint density at radius 1 is 0.741 bits per heavy atom. The Bertz CT molecular complexity index is 1060. The Balaban J connectivity index is 2.04. The van der Waals surface area contributed by atoms with Gasteiger partial charge in [-0.25, -0.2) is 4.98 Å². The normalized spacial score (nSPS) is 10.8. The fourth-order valence-electron chi connectivity index (χ4n) is 3.26. The molecule has 0 aliphatic carbocycles. The molecule has 0 spiro atoms. The average molecular weight is 360 g/mol. The van der Waals surface area contributed by atoms with E-state index in [0.717, 1.165) is 28.1 Å². The average Bonchev–Trinajstić information content (AvgIpc) is 3.12. The van der Waals surface area contributed by atoms with Crippen LogP contribution in [-0.4, -0.2) is 30.9 Å². The number of imidazole rings is 1. The van der Waals surface area contributed by atoms with Crippen LogP contribution in [0.5, 0.6) is 17.2 Å². The van der Waals surface area contributed by atoms with Gasteiger partial charge in [0.25, 0.3) is 0 Å². The van der Waals surface area contributed by atoms with Crippen LogP contribution in [0.25, 0.3) is 28.1 Å². The maximum atomic E-state index is 5.54. The molecule has 27 heavy (non-hydrogen) atoms. The maximum absolute atomic E-state index is 5.54. The lowest BCUT2D eigenvalue weighted by atomic mass is 10.2. The molecule has 0 saturated carbocycles. The van der Waals surface area contributed by atoms with Crippen LogP contribution in [0.3, 0.4) is 0 Å². The molecule has 0 bridgehead atoms. The molecule has 0 aliphatic rings. The zero-order valence-electron chi connectivity index (χ0n) is 15.5. The number of benzene rings is 3. The Morgan fingerprint density at radius 2 is 1.37 bits per heavy atom. The summed E-state index contributed by atoms with van der Waals surface area (Å²) in [5, 5.41) is 0. The monoisotopic (exact) mass is 360 g/mol. The first-order chi connectivity index (χ1) is 13.3. The Kier molecular flexibility index (Phi) is 4.42. The summed E-state index contributed by atoms with van der Waals surface area (Å²) in [6.07, 6.45) is 0. The summed E-state index contributed by atoms with van der Waals surface area (Å²) in [6.45, 7) is 0. The van der Waals surface area contributed by atoms with Crippen molar-refractivity contribution in [1.29, 1.82) is 0 Å². The number of para-hydroxylation sites is 2. The first-order valence-electron chi connectivity index (χ1n) is 8.60. The second-order valence-corrected chi connectivity index (χ2v) is 6.01. The van der Waals surface area contributed by atoms with Crippen molar-refractivity contribution in [3.63, 3.8) is 0 Å². The minimum absolute atomic E-state index is 0.564. The van der Waals surface area contributed by atoms with E-state index >= 15 is 0 Å². The quantitative estimate of drug-likeness (QED) is 0.517. The molecule has 5 nitrogen and oxygen atoms in total. The maximum Gasteiger partial charge on any atom is 0.203 e. The van der Waals surface area contributed by atoms with E-state index in [9.17, 15) is 0 Å². The van der Waals surface area contributed by atoms with Crippen molar-refractivity contribution in [3.05, 3.63) is 66.7 Å². The van der Waals surface area contributed by atoms with Gasteiger partial charge in [-0.05, 0) is 12.1 Å². The Labute approximate surface area is 157 Å². The minimum atomic E-state index is 0.564. The summed E-state index contributed by atoms with van der Waals surface area (Å²) in [5.41, 5.74) is 3.84.